The van der Waals surface area contributed by atoms with Crippen molar-refractivity contribution in [1.82, 2.24) is 0 Å². The van der Waals surface area contributed by atoms with Crippen molar-refractivity contribution in [2.75, 3.05) is 7.11 Å². The van der Waals surface area contributed by atoms with Gasteiger partial charge in [0, 0.05) is 10.6 Å². The standard InChI is InChI=1S/C15H14F2N2OS/c1-20-14-5-2-9(6-11(14)15(18)19)8-21-10-3-4-12(16)13(17)7-10/h2-7H,8H2,1H3,(H3,18,19). The number of nitrogens with one attached hydrogen (secondary N) is 1. The summed E-state index contributed by atoms with van der Waals surface area (Å²) >= 11 is 1.37. The molecule has 0 amide bonds. The van der Waals surface area contributed by atoms with Crippen molar-refractivity contribution in [3.63, 3.8) is 0 Å². The average molecular weight is 308 g/mol. The van der Waals surface area contributed by atoms with Crippen LogP contribution in [0.2, 0.25) is 0 Å². The van der Waals surface area contributed by atoms with Crippen molar-refractivity contribution < 1.29 is 13.5 Å². The van der Waals surface area contributed by atoms with E-state index in [-0.39, 0.29) is 5.84 Å². The van der Waals surface area contributed by atoms with Crippen molar-refractivity contribution in [1.29, 1.82) is 5.41 Å². The van der Waals surface area contributed by atoms with Crippen LogP contribution in [0.3, 0.4) is 0 Å². The number of thioether (sulfide) groups is 1. The monoisotopic (exact) mass is 308 g/mol. The van der Waals surface area contributed by atoms with Crippen LogP contribution >= 0.6 is 11.8 Å². The quantitative estimate of drug-likeness (QED) is 0.504. The lowest BCUT2D eigenvalue weighted by Crippen LogP contribution is -2.12. The summed E-state index contributed by atoms with van der Waals surface area (Å²) in [4.78, 5) is 0.633. The first-order valence-electron chi connectivity index (χ1n) is 6.10. The van der Waals surface area contributed by atoms with Gasteiger partial charge in [-0.1, -0.05) is 6.07 Å². The Labute approximate surface area is 125 Å². The fourth-order valence-corrected chi connectivity index (χ4v) is 2.65. The molecule has 0 fully saturated rings. The number of nitrogens with two attached hydrogens (primary N) is 1. The van der Waals surface area contributed by atoms with Gasteiger partial charge in [-0.05, 0) is 35.9 Å². The highest BCUT2D eigenvalue weighted by Crippen LogP contribution is 2.27. The molecule has 0 aliphatic rings. The lowest BCUT2D eigenvalue weighted by molar-refractivity contribution is 0.413. The second-order valence-corrected chi connectivity index (χ2v) is 5.36. The third-order valence-electron chi connectivity index (χ3n) is 2.85. The molecule has 3 nitrogen and oxygen atoms in total. The van der Waals surface area contributed by atoms with Gasteiger partial charge in [-0.3, -0.25) is 5.41 Å². The maximum atomic E-state index is 13.1. The van der Waals surface area contributed by atoms with Crippen molar-refractivity contribution in [3.8, 4) is 5.75 Å². The largest absolute Gasteiger partial charge is 0.496 e. The zero-order chi connectivity index (χ0) is 15.4. The molecule has 0 bridgehead atoms. The molecule has 2 rings (SSSR count). The smallest absolute Gasteiger partial charge is 0.159 e. The third kappa shape index (κ3) is 3.72. The van der Waals surface area contributed by atoms with Crippen molar-refractivity contribution in [2.45, 2.75) is 10.6 Å². The van der Waals surface area contributed by atoms with E-state index in [2.05, 4.69) is 0 Å². The minimum atomic E-state index is -0.862. The van der Waals surface area contributed by atoms with Crippen LogP contribution in [0.5, 0.6) is 5.75 Å². The van der Waals surface area contributed by atoms with Crippen LogP contribution in [0.4, 0.5) is 8.78 Å². The molecule has 0 aliphatic heterocycles. The Bertz CT molecular complexity index is 677. The van der Waals surface area contributed by atoms with Crippen LogP contribution in [-0.4, -0.2) is 12.9 Å². The van der Waals surface area contributed by atoms with Crippen LogP contribution < -0.4 is 10.5 Å². The lowest BCUT2D eigenvalue weighted by atomic mass is 10.1. The molecule has 0 atom stereocenters. The summed E-state index contributed by atoms with van der Waals surface area (Å²) in [7, 11) is 1.51. The predicted molar refractivity (Wildman–Crippen MR) is 79.9 cm³/mol. The Morgan fingerprint density at radius 2 is 1.95 bits per heavy atom. The van der Waals surface area contributed by atoms with Crippen LogP contribution in [0.25, 0.3) is 0 Å². The summed E-state index contributed by atoms with van der Waals surface area (Å²) in [6, 6.07) is 9.13. The van der Waals surface area contributed by atoms with Gasteiger partial charge >= 0.3 is 0 Å². The highest BCUT2D eigenvalue weighted by molar-refractivity contribution is 7.98. The van der Waals surface area contributed by atoms with E-state index in [1.807, 2.05) is 6.07 Å². The Morgan fingerprint density at radius 3 is 2.57 bits per heavy atom. The van der Waals surface area contributed by atoms with Gasteiger partial charge in [-0.2, -0.15) is 0 Å². The van der Waals surface area contributed by atoms with Crippen molar-refractivity contribution >= 4 is 17.6 Å². The van der Waals surface area contributed by atoms with Gasteiger partial charge in [0.2, 0.25) is 0 Å². The minimum absolute atomic E-state index is 0.0773. The second-order valence-electron chi connectivity index (χ2n) is 4.31. The summed E-state index contributed by atoms with van der Waals surface area (Å²) in [6.07, 6.45) is 0. The van der Waals surface area contributed by atoms with E-state index in [1.165, 1.54) is 24.9 Å². The number of methoxy groups -OCH3 is 1. The van der Waals surface area contributed by atoms with Crippen molar-refractivity contribution in [3.05, 3.63) is 59.2 Å². The number of hydrogen-bond donors (Lipinski definition) is 2. The fraction of sp³-hybridized carbons (Fsp3) is 0.133. The minimum Gasteiger partial charge on any atom is -0.496 e. The Hall–Kier alpha value is -2.08. The first-order valence-corrected chi connectivity index (χ1v) is 7.09. The van der Waals surface area contributed by atoms with E-state index in [4.69, 9.17) is 15.9 Å². The van der Waals surface area contributed by atoms with Gasteiger partial charge in [0.1, 0.15) is 11.6 Å². The summed E-state index contributed by atoms with van der Waals surface area (Å²) in [5, 5.41) is 7.52. The molecule has 0 heterocycles. The van der Waals surface area contributed by atoms with E-state index < -0.39 is 11.6 Å². The topological polar surface area (TPSA) is 59.1 Å². The molecule has 0 saturated heterocycles. The number of hydrogen-bond acceptors (Lipinski definition) is 3. The molecule has 6 heteroatoms. The van der Waals surface area contributed by atoms with Gasteiger partial charge in [0.15, 0.2) is 11.6 Å². The molecule has 0 radical (unpaired) electrons. The van der Waals surface area contributed by atoms with Crippen LogP contribution in [0.1, 0.15) is 11.1 Å². The summed E-state index contributed by atoms with van der Waals surface area (Å²) in [5.41, 5.74) is 6.94. The molecular weight excluding hydrogens is 294 g/mol. The fourth-order valence-electron chi connectivity index (χ4n) is 1.79. The Morgan fingerprint density at radius 1 is 1.19 bits per heavy atom. The number of amidine groups is 1. The zero-order valence-electron chi connectivity index (χ0n) is 11.3. The maximum absolute atomic E-state index is 13.1. The summed E-state index contributed by atoms with van der Waals surface area (Å²) in [6.45, 7) is 0. The molecule has 0 saturated carbocycles. The number of rotatable bonds is 5. The van der Waals surface area contributed by atoms with Crippen LogP contribution in [0.15, 0.2) is 41.3 Å². The number of nitrogen functional groups attached to an aromatic ring is 1. The highest BCUT2D eigenvalue weighted by atomic mass is 32.2. The predicted octanol–water partition coefficient (Wildman–Crippen LogP) is 3.55. The first-order chi connectivity index (χ1) is 10.0. The summed E-state index contributed by atoms with van der Waals surface area (Å²) < 4.78 is 31.1. The Balaban J connectivity index is 2.14. The van der Waals surface area contributed by atoms with Gasteiger partial charge in [0.25, 0.3) is 0 Å². The molecule has 3 N–H and O–H groups in total. The van der Waals surface area contributed by atoms with Crippen LogP contribution in [-0.2, 0) is 5.75 Å². The van der Waals surface area contributed by atoms with Crippen molar-refractivity contribution in [2.24, 2.45) is 5.73 Å². The molecular formula is C15H14F2N2OS. The van der Waals surface area contributed by atoms with E-state index in [9.17, 15) is 8.78 Å². The SMILES string of the molecule is COc1ccc(CSc2ccc(F)c(F)c2)cc1C(=N)N. The van der Waals surface area contributed by atoms with E-state index >= 15 is 0 Å². The normalized spacial score (nSPS) is 10.4. The number of halogens is 2. The van der Waals surface area contributed by atoms with Crippen LogP contribution in [0, 0.1) is 17.0 Å². The van der Waals surface area contributed by atoms with Gasteiger partial charge in [0.05, 0.1) is 12.7 Å². The molecule has 0 spiro atoms. The number of ether oxygens (including phenoxy) is 1. The second kappa shape index (κ2) is 6.58. The van der Waals surface area contributed by atoms with E-state index in [1.54, 1.807) is 12.1 Å². The molecule has 2 aromatic carbocycles. The molecule has 0 aromatic heterocycles. The Kier molecular flexibility index (Phi) is 4.80. The van der Waals surface area contributed by atoms with Gasteiger partial charge in [-0.25, -0.2) is 8.78 Å². The zero-order valence-corrected chi connectivity index (χ0v) is 12.1. The molecule has 2 aromatic rings. The lowest BCUT2D eigenvalue weighted by Gasteiger charge is -2.09. The molecule has 0 aliphatic carbocycles. The summed E-state index contributed by atoms with van der Waals surface area (Å²) in [5.74, 6) is -0.715. The van der Waals surface area contributed by atoms with E-state index in [0.29, 0.717) is 22.0 Å². The molecule has 110 valence electrons. The molecule has 21 heavy (non-hydrogen) atoms. The van der Waals surface area contributed by atoms with E-state index in [0.717, 1.165) is 17.7 Å². The first kappa shape index (κ1) is 15.3. The third-order valence-corrected chi connectivity index (χ3v) is 3.92. The number of benzene rings is 2. The molecule has 0 unspecified atom stereocenters. The van der Waals surface area contributed by atoms with Gasteiger partial charge in [-0.15, -0.1) is 11.8 Å². The maximum Gasteiger partial charge on any atom is 0.159 e. The average Bonchev–Trinajstić information content (AvgIpc) is 2.48. The van der Waals surface area contributed by atoms with Gasteiger partial charge < -0.3 is 10.5 Å². The highest BCUT2D eigenvalue weighted by Gasteiger charge is 2.08.